The minimum Gasteiger partial charge on any atom is -0.261 e. The summed E-state index contributed by atoms with van der Waals surface area (Å²) in [6.45, 7) is 2.23. The summed E-state index contributed by atoms with van der Waals surface area (Å²) in [5, 5.41) is 2.54. The third-order valence-corrected chi connectivity index (χ3v) is 3.39. The topological polar surface area (TPSA) is 12.9 Å². The summed E-state index contributed by atoms with van der Waals surface area (Å²) in [4.78, 5) is 4.48. The van der Waals surface area contributed by atoms with Crippen molar-refractivity contribution >= 4 is 10.8 Å². The van der Waals surface area contributed by atoms with Gasteiger partial charge in [0, 0.05) is 17.3 Å². The number of hydrogen-bond donors (Lipinski definition) is 0. The van der Waals surface area contributed by atoms with E-state index in [1.807, 2.05) is 42.6 Å². The van der Waals surface area contributed by atoms with Gasteiger partial charge in [-0.15, -0.1) is 0 Å². The van der Waals surface area contributed by atoms with Crippen molar-refractivity contribution in [3.63, 3.8) is 0 Å². The average molecular weight is 277 g/mol. The summed E-state index contributed by atoms with van der Waals surface area (Å²) < 4.78 is 0. The van der Waals surface area contributed by atoms with Crippen LogP contribution in [0.3, 0.4) is 0 Å². The highest BCUT2D eigenvalue weighted by Crippen LogP contribution is 2.14. The van der Waals surface area contributed by atoms with Gasteiger partial charge in [-0.3, -0.25) is 4.98 Å². The van der Waals surface area contributed by atoms with Crippen LogP contribution in [0.1, 0.15) is 31.9 Å². The first-order chi connectivity index (χ1) is 10.4. The van der Waals surface area contributed by atoms with Crippen molar-refractivity contribution in [3.05, 3.63) is 78.6 Å². The van der Waals surface area contributed by atoms with Gasteiger partial charge in [0.1, 0.15) is 0 Å². The Hall–Kier alpha value is -2.15. The van der Waals surface area contributed by atoms with Gasteiger partial charge in [0.05, 0.1) is 0 Å². The lowest BCUT2D eigenvalue weighted by Gasteiger charge is -2.02. The Bertz CT molecular complexity index is 605. The Labute approximate surface area is 127 Å². The molecule has 0 spiro atoms. The molecule has 21 heavy (non-hydrogen) atoms. The third-order valence-electron chi connectivity index (χ3n) is 3.39. The van der Waals surface area contributed by atoms with Crippen LogP contribution in [0.4, 0.5) is 0 Å². The summed E-state index contributed by atoms with van der Waals surface area (Å²) in [6.07, 6.45) is 6.92. The largest absolute Gasteiger partial charge is 0.261 e. The van der Waals surface area contributed by atoms with Crippen molar-refractivity contribution in [2.75, 3.05) is 0 Å². The molecule has 1 heteroatoms. The lowest BCUT2D eigenvalue weighted by Crippen LogP contribution is -1.89. The van der Waals surface area contributed by atoms with E-state index in [4.69, 9.17) is 0 Å². The van der Waals surface area contributed by atoms with E-state index in [1.54, 1.807) is 0 Å². The van der Waals surface area contributed by atoms with E-state index >= 15 is 0 Å². The van der Waals surface area contributed by atoms with Gasteiger partial charge in [0.2, 0.25) is 0 Å². The summed E-state index contributed by atoms with van der Waals surface area (Å²) in [6, 6.07) is 22.6. The second-order valence-electron chi connectivity index (χ2n) is 5.13. The Morgan fingerprint density at radius 2 is 1.38 bits per heavy atom. The molecule has 0 atom stereocenters. The number of fused-ring (bicyclic) bond motifs is 1. The first-order valence-electron chi connectivity index (χ1n) is 7.74. The number of benzene rings is 2. The summed E-state index contributed by atoms with van der Waals surface area (Å²) in [5.41, 5.74) is 1.22. The van der Waals surface area contributed by atoms with Gasteiger partial charge in [-0.25, -0.2) is 0 Å². The number of nitrogens with zero attached hydrogens (tertiary/aromatic N) is 1. The van der Waals surface area contributed by atoms with Crippen molar-refractivity contribution in [2.24, 2.45) is 0 Å². The fourth-order valence-electron chi connectivity index (χ4n) is 2.21. The Balaban J connectivity index is 0.000000225. The molecule has 0 aliphatic heterocycles. The fourth-order valence-corrected chi connectivity index (χ4v) is 2.21. The van der Waals surface area contributed by atoms with E-state index < -0.39 is 0 Å². The minimum absolute atomic E-state index is 1.11. The molecule has 0 aliphatic carbocycles. The smallest absolute Gasteiger partial charge is 0.0410 e. The maximum Gasteiger partial charge on any atom is 0.0410 e. The average Bonchev–Trinajstić information content (AvgIpc) is 2.57. The van der Waals surface area contributed by atoms with Gasteiger partial charge in [-0.2, -0.15) is 0 Å². The van der Waals surface area contributed by atoms with Gasteiger partial charge in [-0.1, -0.05) is 80.4 Å². The van der Waals surface area contributed by atoms with Crippen LogP contribution in [0.2, 0.25) is 0 Å². The maximum absolute atomic E-state index is 4.48. The molecule has 3 rings (SSSR count). The second-order valence-corrected chi connectivity index (χ2v) is 5.13. The number of pyridine rings is 1. The molecule has 1 aromatic heterocycles. The highest BCUT2D eigenvalue weighted by atomic mass is 14.7. The van der Waals surface area contributed by atoms with Gasteiger partial charge in [0.15, 0.2) is 0 Å². The van der Waals surface area contributed by atoms with Crippen molar-refractivity contribution in [3.8, 4) is 0 Å². The molecule has 2 aromatic carbocycles. The summed E-state index contributed by atoms with van der Waals surface area (Å²) in [5.74, 6) is 0. The molecule has 0 bridgehead atoms. The highest BCUT2D eigenvalue weighted by molar-refractivity contribution is 5.81. The van der Waals surface area contributed by atoms with Gasteiger partial charge in [-0.05, 0) is 24.3 Å². The molecule has 1 nitrogen and oxygen atoms in total. The number of unbranched alkanes of at least 4 members (excludes halogenated alkanes) is 2. The molecule has 1 heterocycles. The zero-order valence-corrected chi connectivity index (χ0v) is 12.7. The Morgan fingerprint density at radius 1 is 0.762 bits per heavy atom. The fraction of sp³-hybridized carbons (Fsp3) is 0.250. The van der Waals surface area contributed by atoms with Crippen LogP contribution in [-0.2, 0) is 6.42 Å². The van der Waals surface area contributed by atoms with Crippen molar-refractivity contribution in [1.82, 2.24) is 4.98 Å². The number of hydrogen-bond acceptors (Lipinski definition) is 1. The first kappa shape index (κ1) is 15.2. The molecule has 0 unspecified atom stereocenters. The molecule has 0 aliphatic rings. The summed E-state index contributed by atoms with van der Waals surface area (Å²) >= 11 is 0. The molecular formula is C20H23N. The molecule has 0 fully saturated rings. The lowest BCUT2D eigenvalue weighted by molar-refractivity contribution is 0.708. The number of aryl methyl sites for hydroxylation is 1. The minimum atomic E-state index is 1.11. The van der Waals surface area contributed by atoms with E-state index in [0.717, 1.165) is 6.42 Å². The van der Waals surface area contributed by atoms with Gasteiger partial charge >= 0.3 is 0 Å². The highest BCUT2D eigenvalue weighted by Gasteiger charge is 1.97. The lowest BCUT2D eigenvalue weighted by atomic mass is 10.1. The van der Waals surface area contributed by atoms with E-state index in [0.29, 0.717) is 0 Å². The monoisotopic (exact) mass is 277 g/mol. The first-order valence-corrected chi connectivity index (χ1v) is 7.74. The predicted octanol–water partition coefficient (Wildman–Crippen LogP) is 5.65. The van der Waals surface area contributed by atoms with Gasteiger partial charge in [0.25, 0.3) is 0 Å². The molecule has 108 valence electrons. The quantitative estimate of drug-likeness (QED) is 0.561. The number of rotatable bonds is 4. The molecular weight excluding hydrogens is 254 g/mol. The van der Waals surface area contributed by atoms with Crippen molar-refractivity contribution in [1.29, 1.82) is 0 Å². The Kier molecular flexibility index (Phi) is 6.47. The van der Waals surface area contributed by atoms with E-state index in [9.17, 15) is 0 Å². The summed E-state index contributed by atoms with van der Waals surface area (Å²) in [7, 11) is 0. The van der Waals surface area contributed by atoms with E-state index in [1.165, 1.54) is 35.7 Å². The molecule has 0 saturated heterocycles. The molecule has 0 saturated carbocycles. The zero-order chi connectivity index (χ0) is 14.8. The maximum atomic E-state index is 4.48. The van der Waals surface area contributed by atoms with Crippen LogP contribution >= 0.6 is 0 Å². The van der Waals surface area contributed by atoms with Crippen LogP contribution in [0.25, 0.3) is 10.8 Å². The SMILES string of the molecule is CCCCCc1cc2ccccc2cn1.c1ccccc1. The van der Waals surface area contributed by atoms with Crippen LogP contribution in [0.15, 0.2) is 72.9 Å². The van der Waals surface area contributed by atoms with Crippen LogP contribution in [-0.4, -0.2) is 4.98 Å². The van der Waals surface area contributed by atoms with Crippen LogP contribution in [0.5, 0.6) is 0 Å². The molecule has 0 amide bonds. The zero-order valence-electron chi connectivity index (χ0n) is 12.7. The van der Waals surface area contributed by atoms with Crippen LogP contribution in [0, 0.1) is 0 Å². The van der Waals surface area contributed by atoms with Crippen molar-refractivity contribution in [2.45, 2.75) is 32.6 Å². The van der Waals surface area contributed by atoms with Crippen molar-refractivity contribution < 1.29 is 0 Å². The van der Waals surface area contributed by atoms with E-state index in [2.05, 4.69) is 42.2 Å². The molecule has 0 radical (unpaired) electrons. The van der Waals surface area contributed by atoms with Crippen LogP contribution < -0.4 is 0 Å². The molecule has 0 N–H and O–H groups in total. The predicted molar refractivity (Wildman–Crippen MR) is 91.4 cm³/mol. The van der Waals surface area contributed by atoms with Gasteiger partial charge < -0.3 is 0 Å². The number of aromatic nitrogens is 1. The Morgan fingerprint density at radius 3 is 2.00 bits per heavy atom. The standard InChI is InChI=1S/C14H17N.C6H6/c1-2-3-4-9-14-10-12-7-5-6-8-13(12)11-15-14;1-2-4-6-5-3-1/h5-8,10-11H,2-4,9H2,1H3;1-6H. The normalized spacial score (nSPS) is 9.95. The third kappa shape index (κ3) is 5.39. The van der Waals surface area contributed by atoms with E-state index in [-0.39, 0.29) is 0 Å². The molecule has 3 aromatic rings. The second kappa shape index (κ2) is 8.91.